The molecule has 1 aliphatic carbocycles. The van der Waals surface area contributed by atoms with Crippen molar-refractivity contribution < 1.29 is 45.4 Å². The molecule has 182 valence electrons. The van der Waals surface area contributed by atoms with E-state index in [0.29, 0.717) is 5.76 Å². The SMILES string of the molecule is O=C(NC1CCN(C(=O)OC(C(F)(F)F)C(F)(F)F)CC1)N1C=COC(C2=CC=CCC2)=C1. The summed E-state index contributed by atoms with van der Waals surface area (Å²) in [7, 11) is 0. The number of carbonyl (C=O) groups is 2. The van der Waals surface area contributed by atoms with Crippen molar-refractivity contribution in [3.8, 4) is 0 Å². The molecule has 3 amide bonds. The average molecular weight is 481 g/mol. The monoisotopic (exact) mass is 481 g/mol. The quantitative estimate of drug-likeness (QED) is 0.593. The number of amides is 3. The minimum absolute atomic E-state index is 0.129. The van der Waals surface area contributed by atoms with E-state index < -0.39 is 36.6 Å². The number of rotatable bonds is 3. The van der Waals surface area contributed by atoms with E-state index in [4.69, 9.17) is 4.74 Å². The number of piperidine rings is 1. The number of alkyl halides is 6. The van der Waals surface area contributed by atoms with Gasteiger partial charge in [-0.25, -0.2) is 9.59 Å². The number of ether oxygens (including phenoxy) is 2. The molecule has 0 radical (unpaired) electrons. The molecule has 0 unspecified atom stereocenters. The molecule has 0 aromatic heterocycles. The van der Waals surface area contributed by atoms with E-state index >= 15 is 0 Å². The molecule has 0 aromatic carbocycles. The fourth-order valence-electron chi connectivity index (χ4n) is 3.41. The minimum Gasteiger partial charge on any atom is -0.462 e. The van der Waals surface area contributed by atoms with Crippen molar-refractivity contribution in [2.75, 3.05) is 13.1 Å². The summed E-state index contributed by atoms with van der Waals surface area (Å²) in [6, 6.07) is -0.929. The predicted octanol–water partition coefficient (Wildman–Crippen LogP) is 4.71. The number of urea groups is 1. The van der Waals surface area contributed by atoms with Crippen molar-refractivity contribution in [2.45, 2.75) is 50.2 Å². The van der Waals surface area contributed by atoms with Gasteiger partial charge >= 0.3 is 24.5 Å². The first-order chi connectivity index (χ1) is 15.4. The van der Waals surface area contributed by atoms with Gasteiger partial charge in [0, 0.05) is 25.3 Å². The highest BCUT2D eigenvalue weighted by molar-refractivity contribution is 5.77. The number of carbonyl (C=O) groups excluding carboxylic acids is 2. The van der Waals surface area contributed by atoms with E-state index in [0.717, 1.165) is 23.3 Å². The average Bonchev–Trinajstić information content (AvgIpc) is 2.77. The van der Waals surface area contributed by atoms with Crippen molar-refractivity contribution in [2.24, 2.45) is 0 Å². The van der Waals surface area contributed by atoms with Gasteiger partial charge < -0.3 is 19.7 Å². The second kappa shape index (κ2) is 9.79. The fourth-order valence-corrected chi connectivity index (χ4v) is 3.41. The first-order valence-electron chi connectivity index (χ1n) is 10.0. The van der Waals surface area contributed by atoms with Crippen LogP contribution in [0.5, 0.6) is 0 Å². The highest BCUT2D eigenvalue weighted by atomic mass is 19.4. The zero-order valence-corrected chi connectivity index (χ0v) is 17.2. The lowest BCUT2D eigenvalue weighted by molar-refractivity contribution is -0.308. The first-order valence-corrected chi connectivity index (χ1v) is 10.0. The van der Waals surface area contributed by atoms with E-state index in [1.165, 1.54) is 23.6 Å². The molecule has 1 saturated heterocycles. The Morgan fingerprint density at radius 2 is 1.79 bits per heavy atom. The van der Waals surface area contributed by atoms with E-state index in [1.807, 2.05) is 18.2 Å². The van der Waals surface area contributed by atoms with Crippen LogP contribution in [0.2, 0.25) is 0 Å². The van der Waals surface area contributed by atoms with E-state index in [2.05, 4.69) is 10.1 Å². The number of hydrogen-bond acceptors (Lipinski definition) is 4. The number of likely N-dealkylation sites (tertiary alicyclic amines) is 1. The number of nitrogens with zero attached hydrogens (tertiary/aromatic N) is 2. The van der Waals surface area contributed by atoms with Crippen molar-refractivity contribution in [1.29, 1.82) is 0 Å². The Balaban J connectivity index is 1.51. The molecule has 33 heavy (non-hydrogen) atoms. The number of allylic oxidation sites excluding steroid dienone is 4. The van der Waals surface area contributed by atoms with Gasteiger partial charge in [-0.1, -0.05) is 18.2 Å². The van der Waals surface area contributed by atoms with Gasteiger partial charge in [0.05, 0.1) is 6.20 Å². The molecule has 2 aliphatic heterocycles. The molecule has 1 fully saturated rings. The normalized spacial score (nSPS) is 19.7. The molecule has 3 rings (SSSR count). The smallest absolute Gasteiger partial charge is 0.434 e. The Morgan fingerprint density at radius 1 is 1.12 bits per heavy atom. The van der Waals surface area contributed by atoms with E-state index in [-0.39, 0.29) is 25.9 Å². The lowest BCUT2D eigenvalue weighted by Crippen LogP contribution is -2.51. The highest BCUT2D eigenvalue weighted by Gasteiger charge is 2.60. The zero-order chi connectivity index (χ0) is 24.2. The van der Waals surface area contributed by atoms with Gasteiger partial charge in [-0.2, -0.15) is 26.3 Å². The van der Waals surface area contributed by atoms with Gasteiger partial charge in [-0.3, -0.25) is 4.90 Å². The van der Waals surface area contributed by atoms with Gasteiger partial charge in [0.1, 0.15) is 12.0 Å². The molecule has 1 N–H and O–H groups in total. The summed E-state index contributed by atoms with van der Waals surface area (Å²) in [6.07, 6.45) is -5.57. The largest absolute Gasteiger partial charge is 0.462 e. The summed E-state index contributed by atoms with van der Waals surface area (Å²) < 4.78 is 84.6. The van der Waals surface area contributed by atoms with Gasteiger partial charge in [0.2, 0.25) is 0 Å². The molecule has 0 aromatic rings. The number of hydrogen-bond donors (Lipinski definition) is 1. The third-order valence-corrected chi connectivity index (χ3v) is 5.13. The molecule has 3 aliphatic rings. The van der Waals surface area contributed by atoms with Crippen LogP contribution in [0, 0.1) is 0 Å². The summed E-state index contributed by atoms with van der Waals surface area (Å²) in [5.74, 6) is 0.512. The second-order valence-corrected chi connectivity index (χ2v) is 7.52. The van der Waals surface area contributed by atoms with Crippen molar-refractivity contribution in [3.63, 3.8) is 0 Å². The lowest BCUT2D eigenvalue weighted by Gasteiger charge is -2.34. The summed E-state index contributed by atoms with van der Waals surface area (Å²) in [6.45, 7) is -0.350. The van der Waals surface area contributed by atoms with Gasteiger partial charge in [-0.05, 0) is 31.3 Å². The Kier molecular flexibility index (Phi) is 7.28. The third kappa shape index (κ3) is 6.45. The summed E-state index contributed by atoms with van der Waals surface area (Å²) in [4.78, 5) is 26.4. The van der Waals surface area contributed by atoms with Gasteiger partial charge in [0.25, 0.3) is 6.10 Å². The summed E-state index contributed by atoms with van der Waals surface area (Å²) >= 11 is 0. The molecular formula is C20H21F6N3O4. The zero-order valence-electron chi connectivity index (χ0n) is 17.2. The van der Waals surface area contributed by atoms with Crippen molar-refractivity contribution in [1.82, 2.24) is 15.1 Å². The van der Waals surface area contributed by atoms with Crippen LogP contribution in [-0.2, 0) is 9.47 Å². The van der Waals surface area contributed by atoms with Crippen LogP contribution >= 0.6 is 0 Å². The van der Waals surface area contributed by atoms with Crippen LogP contribution in [0.3, 0.4) is 0 Å². The van der Waals surface area contributed by atoms with Crippen LogP contribution in [0.15, 0.2) is 48.2 Å². The lowest BCUT2D eigenvalue weighted by atomic mass is 10.0. The summed E-state index contributed by atoms with van der Waals surface area (Å²) in [5, 5.41) is 2.72. The molecule has 0 spiro atoms. The standard InChI is InChI=1S/C20H21F6N3O4/c21-19(22,23)16(20(24,25)26)33-18(31)28-8-6-14(7-9-28)27-17(30)29-10-11-32-15(12-29)13-4-2-1-3-5-13/h1-2,4,10-12,14,16H,3,5-9H2,(H,27,30). The second-order valence-electron chi connectivity index (χ2n) is 7.52. The number of halogens is 6. The summed E-state index contributed by atoms with van der Waals surface area (Å²) in [5.41, 5.74) is 0.919. The maximum Gasteiger partial charge on any atom is 0.434 e. The van der Waals surface area contributed by atoms with Crippen molar-refractivity contribution in [3.05, 3.63) is 48.2 Å². The van der Waals surface area contributed by atoms with Crippen LogP contribution in [0.1, 0.15) is 25.7 Å². The molecule has 13 heteroatoms. The maximum atomic E-state index is 12.6. The Bertz CT molecular complexity index is 856. The van der Waals surface area contributed by atoms with E-state index in [9.17, 15) is 35.9 Å². The molecule has 7 nitrogen and oxygen atoms in total. The molecule has 0 saturated carbocycles. The van der Waals surface area contributed by atoms with Crippen LogP contribution < -0.4 is 5.32 Å². The minimum atomic E-state index is -5.78. The number of nitrogens with one attached hydrogen (secondary N) is 1. The Labute approximate surface area is 185 Å². The van der Waals surface area contributed by atoms with Crippen molar-refractivity contribution >= 4 is 12.1 Å². The van der Waals surface area contributed by atoms with E-state index in [1.54, 1.807) is 0 Å². The Hall–Kier alpha value is -3.12. The third-order valence-electron chi connectivity index (χ3n) is 5.13. The Morgan fingerprint density at radius 3 is 2.36 bits per heavy atom. The van der Waals surface area contributed by atoms with Crippen LogP contribution in [0.4, 0.5) is 35.9 Å². The molecular weight excluding hydrogens is 460 g/mol. The topological polar surface area (TPSA) is 71.1 Å². The van der Waals surface area contributed by atoms with Gasteiger partial charge in [-0.15, -0.1) is 0 Å². The van der Waals surface area contributed by atoms with Gasteiger partial charge in [0.15, 0.2) is 0 Å². The van der Waals surface area contributed by atoms with Crippen LogP contribution in [0.25, 0.3) is 0 Å². The molecule has 2 heterocycles. The predicted molar refractivity (Wildman–Crippen MR) is 102 cm³/mol. The molecule has 0 atom stereocenters. The fraction of sp³-hybridized carbons (Fsp3) is 0.500. The molecule has 0 bridgehead atoms. The van der Waals surface area contributed by atoms with Crippen LogP contribution in [-0.4, -0.2) is 59.5 Å². The maximum absolute atomic E-state index is 12.6. The highest BCUT2D eigenvalue weighted by Crippen LogP contribution is 2.36. The first kappa shape index (κ1) is 24.5.